The van der Waals surface area contributed by atoms with E-state index in [0.717, 1.165) is 33.8 Å². The maximum Gasteiger partial charge on any atom is 0.231 e. The summed E-state index contributed by atoms with van der Waals surface area (Å²) in [5, 5.41) is 0.704. The van der Waals surface area contributed by atoms with E-state index < -0.39 is 0 Å². The number of nitrogens with zero attached hydrogens (tertiary/aromatic N) is 1. The van der Waals surface area contributed by atoms with Crippen LogP contribution in [0.25, 0.3) is 27.7 Å². The predicted octanol–water partition coefficient (Wildman–Crippen LogP) is 4.39. The number of benzene rings is 3. The fraction of sp³-hybridized carbons (Fsp3) is 0.0455. The number of hydrogen-bond donors (Lipinski definition) is 0. The monoisotopic (exact) mass is 341 g/mol. The van der Waals surface area contributed by atoms with Gasteiger partial charge in [0.2, 0.25) is 6.79 Å². The van der Waals surface area contributed by atoms with Crippen molar-refractivity contribution in [3.05, 3.63) is 89.2 Å². The van der Waals surface area contributed by atoms with Crippen molar-refractivity contribution in [2.75, 3.05) is 6.79 Å². The molecule has 0 saturated heterocycles. The Morgan fingerprint density at radius 1 is 0.808 bits per heavy atom. The largest absolute Gasteiger partial charge is 0.454 e. The highest BCUT2D eigenvalue weighted by Gasteiger charge is 2.16. The average Bonchev–Trinajstić information content (AvgIpc) is 3.16. The molecule has 0 aliphatic carbocycles. The van der Waals surface area contributed by atoms with Gasteiger partial charge >= 0.3 is 0 Å². The Bertz CT molecular complexity index is 1190. The molecule has 0 spiro atoms. The van der Waals surface area contributed by atoms with Gasteiger partial charge in [0.1, 0.15) is 0 Å². The van der Waals surface area contributed by atoms with Gasteiger partial charge in [-0.2, -0.15) is 0 Å². The molecule has 0 amide bonds. The summed E-state index contributed by atoms with van der Waals surface area (Å²) < 4.78 is 13.0. The minimum absolute atomic E-state index is 0.0254. The zero-order chi connectivity index (χ0) is 17.5. The number of rotatable bonds is 2. The van der Waals surface area contributed by atoms with Gasteiger partial charge in [0.25, 0.3) is 0 Å². The van der Waals surface area contributed by atoms with Gasteiger partial charge in [0.15, 0.2) is 16.9 Å². The lowest BCUT2D eigenvalue weighted by Crippen LogP contribution is -2.07. The predicted molar refractivity (Wildman–Crippen MR) is 101 cm³/mol. The van der Waals surface area contributed by atoms with E-state index in [1.807, 2.05) is 60.8 Å². The van der Waals surface area contributed by atoms with Crippen LogP contribution in [-0.2, 0) is 0 Å². The van der Waals surface area contributed by atoms with Gasteiger partial charge in [-0.1, -0.05) is 36.4 Å². The van der Waals surface area contributed by atoms with Crippen molar-refractivity contribution in [3.63, 3.8) is 0 Å². The third kappa shape index (κ3) is 2.27. The summed E-state index contributed by atoms with van der Waals surface area (Å²) in [6.45, 7) is 0.255. The molecule has 1 aliphatic heterocycles. The molecule has 4 aromatic rings. The normalized spacial score (nSPS) is 12.5. The molecule has 0 radical (unpaired) electrons. The molecule has 4 heteroatoms. The van der Waals surface area contributed by atoms with Crippen molar-refractivity contribution < 1.29 is 9.47 Å². The number of hydrogen-bond acceptors (Lipinski definition) is 3. The Labute approximate surface area is 149 Å². The van der Waals surface area contributed by atoms with Crippen molar-refractivity contribution in [2.45, 2.75) is 0 Å². The first-order valence-corrected chi connectivity index (χ1v) is 8.41. The van der Waals surface area contributed by atoms with Crippen LogP contribution >= 0.6 is 0 Å². The summed E-state index contributed by atoms with van der Waals surface area (Å²) in [7, 11) is 0. The van der Waals surface area contributed by atoms with Crippen LogP contribution in [-0.4, -0.2) is 11.4 Å². The van der Waals surface area contributed by atoms with Crippen LogP contribution in [0.1, 0.15) is 0 Å². The van der Waals surface area contributed by atoms with Crippen molar-refractivity contribution in [1.29, 1.82) is 0 Å². The molecule has 1 aromatic heterocycles. The lowest BCUT2D eigenvalue weighted by Gasteiger charge is -2.15. The molecule has 0 N–H and O–H groups in total. The number of fused-ring (bicyclic) bond motifs is 2. The molecule has 0 atom stereocenters. The Morgan fingerprint density at radius 3 is 2.58 bits per heavy atom. The van der Waals surface area contributed by atoms with Crippen molar-refractivity contribution in [3.8, 4) is 28.3 Å². The zero-order valence-electron chi connectivity index (χ0n) is 13.9. The van der Waals surface area contributed by atoms with Crippen molar-refractivity contribution in [2.24, 2.45) is 0 Å². The standard InChI is InChI=1S/C22H15NO3/c24-20-11-12-23(19-8-4-2-6-17(19)20)18-7-3-1-5-16(18)15-9-10-21-22(13-15)26-14-25-21/h1-13H,14H2. The minimum Gasteiger partial charge on any atom is -0.454 e. The molecule has 4 nitrogen and oxygen atoms in total. The molecule has 0 unspecified atom stereocenters. The van der Waals surface area contributed by atoms with E-state index in [1.54, 1.807) is 6.07 Å². The maximum absolute atomic E-state index is 12.2. The van der Waals surface area contributed by atoms with Gasteiger partial charge in [-0.05, 0) is 35.9 Å². The van der Waals surface area contributed by atoms with Crippen LogP contribution < -0.4 is 14.9 Å². The van der Waals surface area contributed by atoms with Gasteiger partial charge in [0, 0.05) is 23.2 Å². The van der Waals surface area contributed by atoms with Crippen molar-refractivity contribution >= 4 is 10.9 Å². The van der Waals surface area contributed by atoms with Crippen LogP contribution in [0.2, 0.25) is 0 Å². The summed E-state index contributed by atoms with van der Waals surface area (Å²) in [5.41, 5.74) is 4.00. The number of ether oxygens (including phenoxy) is 2. The molecule has 0 fully saturated rings. The smallest absolute Gasteiger partial charge is 0.231 e. The quantitative estimate of drug-likeness (QED) is 0.543. The first-order chi connectivity index (χ1) is 12.8. The van der Waals surface area contributed by atoms with E-state index in [2.05, 4.69) is 16.7 Å². The molecule has 5 rings (SSSR count). The Kier molecular flexibility index (Phi) is 3.28. The van der Waals surface area contributed by atoms with Gasteiger partial charge < -0.3 is 14.0 Å². The molecule has 2 heterocycles. The van der Waals surface area contributed by atoms with E-state index in [1.165, 1.54) is 0 Å². The van der Waals surface area contributed by atoms with Gasteiger partial charge in [-0.15, -0.1) is 0 Å². The highest BCUT2D eigenvalue weighted by Crippen LogP contribution is 2.37. The summed E-state index contributed by atoms with van der Waals surface area (Å²) in [4.78, 5) is 12.2. The fourth-order valence-electron chi connectivity index (χ4n) is 3.41. The van der Waals surface area contributed by atoms with Crippen LogP contribution in [0.3, 0.4) is 0 Å². The first-order valence-electron chi connectivity index (χ1n) is 8.41. The van der Waals surface area contributed by atoms with Gasteiger partial charge in [-0.25, -0.2) is 0 Å². The van der Waals surface area contributed by atoms with Crippen LogP contribution in [0.4, 0.5) is 0 Å². The van der Waals surface area contributed by atoms with Crippen LogP contribution in [0, 0.1) is 0 Å². The Hall–Kier alpha value is -3.53. The van der Waals surface area contributed by atoms with Crippen LogP contribution in [0.5, 0.6) is 11.5 Å². The Balaban J connectivity index is 1.76. The second kappa shape index (κ2) is 5.77. The van der Waals surface area contributed by atoms with Crippen LogP contribution in [0.15, 0.2) is 83.8 Å². The van der Waals surface area contributed by atoms with Crippen molar-refractivity contribution in [1.82, 2.24) is 4.57 Å². The summed E-state index contributed by atoms with van der Waals surface area (Å²) in [6, 6.07) is 23.3. The first kappa shape index (κ1) is 14.8. The highest BCUT2D eigenvalue weighted by atomic mass is 16.7. The summed E-state index contributed by atoms with van der Waals surface area (Å²) in [6.07, 6.45) is 1.83. The molecule has 26 heavy (non-hydrogen) atoms. The molecule has 0 saturated carbocycles. The molecule has 1 aliphatic rings. The lowest BCUT2D eigenvalue weighted by atomic mass is 10.0. The highest BCUT2D eigenvalue weighted by molar-refractivity contribution is 5.83. The number of pyridine rings is 1. The van der Waals surface area contributed by atoms with E-state index >= 15 is 0 Å². The van der Waals surface area contributed by atoms with Gasteiger partial charge in [0.05, 0.1) is 11.2 Å². The van der Waals surface area contributed by atoms with E-state index in [-0.39, 0.29) is 12.2 Å². The lowest BCUT2D eigenvalue weighted by molar-refractivity contribution is 0.174. The summed E-state index contributed by atoms with van der Waals surface area (Å²) in [5.74, 6) is 1.52. The SMILES string of the molecule is O=c1ccn(-c2ccccc2-c2ccc3c(c2)OCO3)c2ccccc12. The molecular weight excluding hydrogens is 326 g/mol. The zero-order valence-corrected chi connectivity index (χ0v) is 13.9. The molecule has 126 valence electrons. The molecular formula is C22H15NO3. The van der Waals surface area contributed by atoms with E-state index in [0.29, 0.717) is 5.39 Å². The third-order valence-electron chi connectivity index (χ3n) is 4.65. The molecule has 3 aromatic carbocycles. The minimum atomic E-state index is 0.0254. The summed E-state index contributed by atoms with van der Waals surface area (Å²) >= 11 is 0. The fourth-order valence-corrected chi connectivity index (χ4v) is 3.41. The second-order valence-electron chi connectivity index (χ2n) is 6.15. The Morgan fingerprint density at radius 2 is 1.62 bits per heavy atom. The average molecular weight is 341 g/mol. The van der Waals surface area contributed by atoms with Gasteiger partial charge in [-0.3, -0.25) is 4.79 Å². The maximum atomic E-state index is 12.2. The number of para-hydroxylation sites is 2. The topological polar surface area (TPSA) is 40.5 Å². The molecule has 0 bridgehead atoms. The number of aromatic nitrogens is 1. The third-order valence-corrected chi connectivity index (χ3v) is 4.65. The van der Waals surface area contributed by atoms with E-state index in [4.69, 9.17) is 9.47 Å². The second-order valence-corrected chi connectivity index (χ2v) is 6.15. The van der Waals surface area contributed by atoms with E-state index in [9.17, 15) is 4.79 Å².